The first-order chi connectivity index (χ1) is 18.6. The van der Waals surface area contributed by atoms with E-state index in [1.54, 1.807) is 25.1 Å². The fraction of sp³-hybridized carbons (Fsp3) is 0.429. The molecule has 4 heterocycles. The van der Waals surface area contributed by atoms with Crippen LogP contribution in [0.15, 0.2) is 36.7 Å². The van der Waals surface area contributed by atoms with E-state index < -0.39 is 17.4 Å². The minimum absolute atomic E-state index is 0.0401. The predicted molar refractivity (Wildman–Crippen MR) is 145 cm³/mol. The zero-order valence-corrected chi connectivity index (χ0v) is 22.8. The van der Waals surface area contributed by atoms with Crippen LogP contribution >= 0.6 is 0 Å². The average Bonchev–Trinajstić information content (AvgIpc) is 3.26. The number of piperazine rings is 1. The maximum atomic E-state index is 15.8. The highest BCUT2D eigenvalue weighted by atomic mass is 19.1. The second-order valence-electron chi connectivity index (χ2n) is 10.3. The van der Waals surface area contributed by atoms with Crippen molar-refractivity contribution in [1.29, 1.82) is 0 Å². The number of aryl methyl sites for hydroxylation is 1. The van der Waals surface area contributed by atoms with E-state index in [0.717, 1.165) is 25.8 Å². The highest BCUT2D eigenvalue weighted by Crippen LogP contribution is 2.32. The van der Waals surface area contributed by atoms with Crippen molar-refractivity contribution in [3.63, 3.8) is 0 Å². The first kappa shape index (κ1) is 27.0. The molecule has 0 aliphatic carbocycles. The van der Waals surface area contributed by atoms with Gasteiger partial charge in [-0.2, -0.15) is 0 Å². The predicted octanol–water partition coefficient (Wildman–Crippen LogP) is 5.58. The second kappa shape index (κ2) is 10.5. The molecule has 0 saturated carbocycles. The third-order valence-corrected chi connectivity index (χ3v) is 7.40. The number of alkyl halides is 1. The molecule has 1 aliphatic heterocycles. The van der Waals surface area contributed by atoms with Gasteiger partial charge in [-0.05, 0) is 58.5 Å². The zero-order chi connectivity index (χ0) is 27.9. The van der Waals surface area contributed by atoms with Crippen LogP contribution in [0, 0.1) is 18.6 Å². The Labute approximate surface area is 225 Å². The van der Waals surface area contributed by atoms with Crippen LogP contribution in [0.5, 0.6) is 0 Å². The van der Waals surface area contributed by atoms with E-state index in [1.807, 2.05) is 30.2 Å². The molecule has 11 heteroatoms. The smallest absolute Gasteiger partial charge is 0.229 e. The standard InChI is InChI=1S/C28H33F3N8/c1-6-37-9-11-38(12-10-37)28(5,31)20-7-8-24(32-15-20)35-27-33-16-22(30)25(36-27)19-13-21(29)26-23(14-19)39(17(2)3)18(4)34-26/h7-8,13-17H,6,9-12H2,1-5H3,(H,32,33,35,36)/t28-/m0/s1. The monoisotopic (exact) mass is 538 g/mol. The molecule has 1 aliphatic rings. The van der Waals surface area contributed by atoms with Crippen LogP contribution in [0.2, 0.25) is 0 Å². The van der Waals surface area contributed by atoms with Crippen molar-refractivity contribution >= 4 is 22.8 Å². The first-order valence-corrected chi connectivity index (χ1v) is 13.2. The molecule has 39 heavy (non-hydrogen) atoms. The van der Waals surface area contributed by atoms with Crippen LogP contribution in [0.4, 0.5) is 24.9 Å². The van der Waals surface area contributed by atoms with E-state index in [2.05, 4.69) is 37.1 Å². The molecular formula is C28H33F3N8. The molecular weight excluding hydrogens is 505 g/mol. The summed E-state index contributed by atoms with van der Waals surface area (Å²) in [7, 11) is 0. The summed E-state index contributed by atoms with van der Waals surface area (Å²) in [5, 5.41) is 2.94. The SMILES string of the molecule is CCN1CCN([C@](C)(F)c2ccc(Nc3ncc(F)c(-c4cc(F)c5nc(C)n(C(C)C)c5c4)n3)nc2)CC1. The number of benzene rings is 1. The quantitative estimate of drug-likeness (QED) is 0.308. The maximum Gasteiger partial charge on any atom is 0.229 e. The molecule has 4 aromatic rings. The van der Waals surface area contributed by atoms with Crippen molar-refractivity contribution in [2.75, 3.05) is 38.0 Å². The van der Waals surface area contributed by atoms with Gasteiger partial charge in [-0.15, -0.1) is 0 Å². The van der Waals surface area contributed by atoms with Gasteiger partial charge in [0.05, 0.1) is 11.7 Å². The summed E-state index contributed by atoms with van der Waals surface area (Å²) in [6.45, 7) is 13.3. The van der Waals surface area contributed by atoms with E-state index in [0.29, 0.717) is 35.8 Å². The van der Waals surface area contributed by atoms with Crippen LogP contribution in [-0.2, 0) is 5.79 Å². The van der Waals surface area contributed by atoms with Crippen molar-refractivity contribution in [3.05, 3.63) is 59.7 Å². The molecule has 0 spiro atoms. The Morgan fingerprint density at radius 2 is 1.74 bits per heavy atom. The van der Waals surface area contributed by atoms with Crippen molar-refractivity contribution < 1.29 is 13.2 Å². The second-order valence-corrected chi connectivity index (χ2v) is 10.3. The number of rotatable bonds is 7. The van der Waals surface area contributed by atoms with E-state index in [4.69, 9.17) is 0 Å². The van der Waals surface area contributed by atoms with E-state index >= 15 is 4.39 Å². The lowest BCUT2D eigenvalue weighted by atomic mass is 10.1. The van der Waals surface area contributed by atoms with Gasteiger partial charge in [0.25, 0.3) is 0 Å². The molecule has 8 nitrogen and oxygen atoms in total. The van der Waals surface area contributed by atoms with E-state index in [1.165, 1.54) is 12.3 Å². The molecule has 0 amide bonds. The zero-order valence-electron chi connectivity index (χ0n) is 22.8. The number of halogens is 3. The molecule has 1 N–H and O–H groups in total. The summed E-state index contributed by atoms with van der Waals surface area (Å²) in [6.07, 6.45) is 2.51. The van der Waals surface area contributed by atoms with Gasteiger partial charge in [-0.1, -0.05) is 6.92 Å². The van der Waals surface area contributed by atoms with Crippen molar-refractivity contribution in [2.45, 2.75) is 46.5 Å². The van der Waals surface area contributed by atoms with Crippen LogP contribution < -0.4 is 5.32 Å². The molecule has 1 saturated heterocycles. The molecule has 5 rings (SSSR count). The van der Waals surface area contributed by atoms with Gasteiger partial charge in [-0.25, -0.2) is 33.1 Å². The molecule has 1 fully saturated rings. The Morgan fingerprint density at radius 1 is 1.00 bits per heavy atom. The number of pyridine rings is 1. The lowest BCUT2D eigenvalue weighted by molar-refractivity contribution is -0.0511. The van der Waals surface area contributed by atoms with Crippen LogP contribution in [-0.4, -0.2) is 67.0 Å². The topological polar surface area (TPSA) is 75.0 Å². The molecule has 206 valence electrons. The van der Waals surface area contributed by atoms with Crippen LogP contribution in [0.1, 0.15) is 45.1 Å². The highest BCUT2D eigenvalue weighted by Gasteiger charge is 2.35. The summed E-state index contributed by atoms with van der Waals surface area (Å²) in [4.78, 5) is 21.1. The number of anilines is 2. The fourth-order valence-electron chi connectivity index (χ4n) is 5.21. The first-order valence-electron chi connectivity index (χ1n) is 13.2. The number of hydrogen-bond acceptors (Lipinski definition) is 7. The number of hydrogen-bond donors (Lipinski definition) is 1. The number of imidazole rings is 1. The summed E-state index contributed by atoms with van der Waals surface area (Å²) in [5.41, 5.74) is 1.45. The van der Waals surface area contributed by atoms with Crippen molar-refractivity contribution in [2.24, 2.45) is 0 Å². The minimum atomic E-state index is -1.66. The number of aromatic nitrogens is 5. The Kier molecular flexibility index (Phi) is 7.30. The van der Waals surface area contributed by atoms with Gasteiger partial charge >= 0.3 is 0 Å². The third kappa shape index (κ3) is 5.20. The van der Waals surface area contributed by atoms with E-state index in [-0.39, 0.29) is 28.8 Å². The number of nitrogens with zero attached hydrogens (tertiary/aromatic N) is 7. The van der Waals surface area contributed by atoms with Crippen LogP contribution in [0.3, 0.4) is 0 Å². The maximum absolute atomic E-state index is 15.8. The molecule has 0 unspecified atom stereocenters. The lowest BCUT2D eigenvalue weighted by Gasteiger charge is -2.41. The number of nitrogens with one attached hydrogen (secondary N) is 1. The van der Waals surface area contributed by atoms with E-state index in [9.17, 15) is 8.78 Å². The van der Waals surface area contributed by atoms with Gasteiger partial charge in [0.15, 0.2) is 17.4 Å². The molecule has 1 aromatic carbocycles. The molecule has 3 aromatic heterocycles. The molecule has 1 atom stereocenters. The average molecular weight is 539 g/mol. The summed E-state index contributed by atoms with van der Waals surface area (Å²) >= 11 is 0. The Morgan fingerprint density at radius 3 is 2.38 bits per heavy atom. The van der Waals surface area contributed by atoms with Crippen LogP contribution in [0.25, 0.3) is 22.3 Å². The third-order valence-electron chi connectivity index (χ3n) is 7.40. The summed E-state index contributed by atoms with van der Waals surface area (Å²) < 4.78 is 47.5. The van der Waals surface area contributed by atoms with Crippen molar-refractivity contribution in [3.8, 4) is 11.3 Å². The Bertz CT molecular complexity index is 1470. The lowest BCUT2D eigenvalue weighted by Crippen LogP contribution is -2.52. The summed E-state index contributed by atoms with van der Waals surface area (Å²) in [6, 6.07) is 6.26. The molecule has 0 radical (unpaired) electrons. The number of likely N-dealkylation sites (N-methyl/N-ethyl adjacent to an activating group) is 1. The highest BCUT2D eigenvalue weighted by molar-refractivity contribution is 5.83. The van der Waals surface area contributed by atoms with Gasteiger partial charge < -0.3 is 14.8 Å². The van der Waals surface area contributed by atoms with Gasteiger partial charge in [0.2, 0.25) is 5.95 Å². The van der Waals surface area contributed by atoms with Gasteiger partial charge in [0, 0.05) is 49.5 Å². The fourth-order valence-corrected chi connectivity index (χ4v) is 5.21. The Hall–Kier alpha value is -3.57. The Balaban J connectivity index is 1.39. The molecule has 0 bridgehead atoms. The van der Waals surface area contributed by atoms with Gasteiger partial charge in [0.1, 0.15) is 22.9 Å². The normalized spacial score (nSPS) is 16.6. The van der Waals surface area contributed by atoms with Gasteiger partial charge in [-0.3, -0.25) is 4.90 Å². The largest absolute Gasteiger partial charge is 0.326 e. The minimum Gasteiger partial charge on any atom is -0.326 e. The van der Waals surface area contributed by atoms with Crippen molar-refractivity contribution in [1.82, 2.24) is 34.3 Å². The number of fused-ring (bicyclic) bond motifs is 1. The summed E-state index contributed by atoms with van der Waals surface area (Å²) in [5.74, 6) is -1.78.